The monoisotopic (exact) mass is 342 g/mol. The van der Waals surface area contributed by atoms with Gasteiger partial charge in [0, 0.05) is 12.2 Å². The summed E-state index contributed by atoms with van der Waals surface area (Å²) in [6.45, 7) is 3.69. The lowest BCUT2D eigenvalue weighted by atomic mass is 9.92. The standard InChI is InChI=1S/C11H8O3.C6H4O2.C2H6O/c1-6-4-7-8(12)2-3-9(13)11(7)10(14)5-6;7-5-1-2-6(8)4-3-5;1-2-3/h2-5,14H,1H3;1-4H;3H,2H2,1H3. The predicted octanol–water partition coefficient (Wildman–Crippen LogP) is 1.89. The second-order valence-corrected chi connectivity index (χ2v) is 5.06. The van der Waals surface area contributed by atoms with Gasteiger partial charge in [0.25, 0.3) is 0 Å². The van der Waals surface area contributed by atoms with Crippen LogP contribution in [0.2, 0.25) is 0 Å². The number of carbonyl (C=O) groups is 4. The molecule has 0 heterocycles. The van der Waals surface area contributed by atoms with E-state index in [4.69, 9.17) is 5.11 Å². The molecule has 6 heteroatoms. The van der Waals surface area contributed by atoms with Crippen LogP contribution in [-0.2, 0) is 9.59 Å². The van der Waals surface area contributed by atoms with E-state index in [1.165, 1.54) is 42.5 Å². The zero-order valence-electron chi connectivity index (χ0n) is 13.9. The van der Waals surface area contributed by atoms with Gasteiger partial charge in [0.2, 0.25) is 0 Å². The zero-order valence-corrected chi connectivity index (χ0v) is 13.9. The molecule has 0 unspecified atom stereocenters. The van der Waals surface area contributed by atoms with E-state index in [2.05, 4.69) is 0 Å². The van der Waals surface area contributed by atoms with Crippen molar-refractivity contribution in [1.82, 2.24) is 0 Å². The van der Waals surface area contributed by atoms with Crippen molar-refractivity contribution in [2.24, 2.45) is 0 Å². The fourth-order valence-corrected chi connectivity index (χ4v) is 1.98. The van der Waals surface area contributed by atoms with E-state index in [9.17, 15) is 24.3 Å². The summed E-state index contributed by atoms with van der Waals surface area (Å²) in [7, 11) is 0. The number of aromatic hydroxyl groups is 1. The lowest BCUT2D eigenvalue weighted by molar-refractivity contribution is -0.113. The van der Waals surface area contributed by atoms with Crippen LogP contribution in [0.1, 0.15) is 33.2 Å². The first-order chi connectivity index (χ1) is 11.8. The van der Waals surface area contributed by atoms with Crippen LogP contribution in [-0.4, -0.2) is 40.0 Å². The molecule has 25 heavy (non-hydrogen) atoms. The number of aliphatic hydroxyl groups is 1. The van der Waals surface area contributed by atoms with E-state index < -0.39 is 0 Å². The first kappa shape index (κ1) is 19.9. The number of benzene rings is 1. The Balaban J connectivity index is 0.000000241. The van der Waals surface area contributed by atoms with Crippen LogP contribution in [0.25, 0.3) is 0 Å². The maximum atomic E-state index is 11.4. The molecule has 6 nitrogen and oxygen atoms in total. The molecule has 1 aromatic rings. The van der Waals surface area contributed by atoms with E-state index in [0.29, 0.717) is 0 Å². The van der Waals surface area contributed by atoms with E-state index in [-0.39, 0.29) is 46.6 Å². The van der Waals surface area contributed by atoms with Crippen LogP contribution in [0, 0.1) is 6.92 Å². The SMILES string of the molecule is CCO.Cc1cc(O)c2c(c1)C(=O)C=CC2=O.O=C1C=CC(=O)C=C1. The van der Waals surface area contributed by atoms with E-state index >= 15 is 0 Å². The maximum absolute atomic E-state index is 11.4. The van der Waals surface area contributed by atoms with Gasteiger partial charge in [-0.25, -0.2) is 0 Å². The third-order valence-electron chi connectivity index (χ3n) is 2.98. The van der Waals surface area contributed by atoms with Crippen LogP contribution in [0.5, 0.6) is 5.75 Å². The summed E-state index contributed by atoms with van der Waals surface area (Å²) in [6.07, 6.45) is 7.42. The van der Waals surface area contributed by atoms with Gasteiger partial charge in [-0.2, -0.15) is 0 Å². The Morgan fingerprint density at radius 3 is 1.72 bits per heavy atom. The average Bonchev–Trinajstić information content (AvgIpc) is 2.55. The Morgan fingerprint density at radius 2 is 1.24 bits per heavy atom. The van der Waals surface area contributed by atoms with Crippen molar-refractivity contribution in [2.45, 2.75) is 13.8 Å². The number of ketones is 4. The summed E-state index contributed by atoms with van der Waals surface area (Å²) >= 11 is 0. The third kappa shape index (κ3) is 5.78. The van der Waals surface area contributed by atoms with Gasteiger partial charge in [-0.1, -0.05) is 0 Å². The van der Waals surface area contributed by atoms with Crippen LogP contribution in [0.3, 0.4) is 0 Å². The highest BCUT2D eigenvalue weighted by Crippen LogP contribution is 2.27. The van der Waals surface area contributed by atoms with Crippen LogP contribution in [0.15, 0.2) is 48.6 Å². The molecule has 0 amide bonds. The second kappa shape index (κ2) is 9.24. The summed E-state index contributed by atoms with van der Waals surface area (Å²) in [5.74, 6) is -0.924. The summed E-state index contributed by atoms with van der Waals surface area (Å²) < 4.78 is 0. The molecule has 2 aliphatic rings. The average molecular weight is 342 g/mol. The molecule has 1 aromatic carbocycles. The minimum Gasteiger partial charge on any atom is -0.507 e. The molecular formula is C19H18O6. The van der Waals surface area contributed by atoms with Gasteiger partial charge < -0.3 is 10.2 Å². The molecule has 0 atom stereocenters. The van der Waals surface area contributed by atoms with Gasteiger partial charge in [-0.15, -0.1) is 0 Å². The van der Waals surface area contributed by atoms with Gasteiger partial charge >= 0.3 is 0 Å². The highest BCUT2D eigenvalue weighted by atomic mass is 16.3. The van der Waals surface area contributed by atoms with E-state index in [0.717, 1.165) is 5.56 Å². The number of carbonyl (C=O) groups excluding carboxylic acids is 4. The molecule has 2 N–H and O–H groups in total. The fraction of sp³-hybridized carbons (Fsp3) is 0.158. The van der Waals surface area contributed by atoms with Gasteiger partial charge in [0.15, 0.2) is 23.1 Å². The summed E-state index contributed by atoms with van der Waals surface area (Å²) in [6, 6.07) is 3.09. The number of aryl methyl sites for hydroxylation is 1. The second-order valence-electron chi connectivity index (χ2n) is 5.06. The number of rotatable bonds is 0. The minimum atomic E-state index is -0.322. The molecule has 2 aliphatic carbocycles. The summed E-state index contributed by atoms with van der Waals surface area (Å²) in [5, 5.41) is 17.1. The smallest absolute Gasteiger partial charge is 0.190 e. The number of aliphatic hydroxyl groups excluding tert-OH is 1. The lowest BCUT2D eigenvalue weighted by Crippen LogP contribution is -2.11. The largest absolute Gasteiger partial charge is 0.507 e. The predicted molar refractivity (Wildman–Crippen MR) is 91.7 cm³/mol. The normalized spacial score (nSPS) is 14.4. The Morgan fingerprint density at radius 1 is 0.800 bits per heavy atom. The third-order valence-corrected chi connectivity index (χ3v) is 2.98. The summed E-state index contributed by atoms with van der Waals surface area (Å²) in [4.78, 5) is 43.3. The minimum absolute atomic E-state index is 0.114. The number of fused-ring (bicyclic) bond motifs is 1. The Bertz CT molecular complexity index is 758. The molecule has 0 saturated carbocycles. The Labute approximate surface area is 144 Å². The lowest BCUT2D eigenvalue weighted by Gasteiger charge is -2.11. The number of allylic oxidation sites excluding steroid dienone is 6. The van der Waals surface area contributed by atoms with Crippen LogP contribution >= 0.6 is 0 Å². The number of phenols is 1. The molecule has 0 aliphatic heterocycles. The summed E-state index contributed by atoms with van der Waals surface area (Å²) in [5.41, 5.74) is 1.16. The number of hydrogen-bond acceptors (Lipinski definition) is 6. The quantitative estimate of drug-likeness (QED) is 0.697. The van der Waals surface area contributed by atoms with Crippen molar-refractivity contribution in [2.75, 3.05) is 6.61 Å². The fourth-order valence-electron chi connectivity index (χ4n) is 1.98. The molecular weight excluding hydrogens is 324 g/mol. The van der Waals surface area contributed by atoms with Gasteiger partial charge in [-0.3, -0.25) is 19.2 Å². The maximum Gasteiger partial charge on any atom is 0.190 e. The molecule has 3 rings (SSSR count). The van der Waals surface area contributed by atoms with Crippen molar-refractivity contribution in [3.05, 3.63) is 65.3 Å². The van der Waals surface area contributed by atoms with Crippen LogP contribution in [0.4, 0.5) is 0 Å². The van der Waals surface area contributed by atoms with Gasteiger partial charge in [0.1, 0.15) is 5.75 Å². The van der Waals surface area contributed by atoms with Crippen molar-refractivity contribution in [3.63, 3.8) is 0 Å². The van der Waals surface area contributed by atoms with Crippen LogP contribution < -0.4 is 0 Å². The first-order valence-electron chi connectivity index (χ1n) is 7.45. The first-order valence-corrected chi connectivity index (χ1v) is 7.45. The molecule has 0 spiro atoms. The highest BCUT2D eigenvalue weighted by Gasteiger charge is 2.22. The molecule has 0 fully saturated rings. The molecule has 0 aromatic heterocycles. The van der Waals surface area contributed by atoms with Crippen molar-refractivity contribution in [3.8, 4) is 5.75 Å². The van der Waals surface area contributed by atoms with Crippen molar-refractivity contribution in [1.29, 1.82) is 0 Å². The van der Waals surface area contributed by atoms with Gasteiger partial charge in [-0.05, 0) is 68.0 Å². The topological polar surface area (TPSA) is 109 Å². The molecule has 0 bridgehead atoms. The van der Waals surface area contributed by atoms with E-state index in [1.54, 1.807) is 19.9 Å². The molecule has 0 saturated heterocycles. The zero-order chi connectivity index (χ0) is 19.0. The number of phenolic OH excluding ortho intramolecular Hbond substituents is 1. The number of hydrogen-bond donors (Lipinski definition) is 2. The van der Waals surface area contributed by atoms with Gasteiger partial charge in [0.05, 0.1) is 5.56 Å². The highest BCUT2D eigenvalue weighted by molar-refractivity contribution is 6.23. The molecule has 130 valence electrons. The van der Waals surface area contributed by atoms with Crippen molar-refractivity contribution < 1.29 is 29.4 Å². The van der Waals surface area contributed by atoms with E-state index in [1.807, 2.05) is 0 Å². The Hall–Kier alpha value is -3.12. The van der Waals surface area contributed by atoms with Crippen molar-refractivity contribution >= 4 is 23.1 Å². The Kier molecular flexibility index (Phi) is 7.37. The molecule has 0 radical (unpaired) electrons.